The molecule has 1 unspecified atom stereocenters. The van der Waals surface area contributed by atoms with Crippen molar-refractivity contribution in [2.45, 2.75) is 39.5 Å². The van der Waals surface area contributed by atoms with Crippen LogP contribution >= 0.6 is 0 Å². The minimum atomic E-state index is -0.528. The Morgan fingerprint density at radius 2 is 2.08 bits per heavy atom. The largest absolute Gasteiger partial charge is 0.367 e. The number of benzene rings is 1. The summed E-state index contributed by atoms with van der Waals surface area (Å²) in [5.74, 6) is -0.351. The Hall–Kier alpha value is -2.21. The zero-order valence-corrected chi connectivity index (χ0v) is 14.9. The zero-order chi connectivity index (χ0) is 18.0. The molecular weight excluding hydrogens is 321 g/mol. The standard InChI is InChI=1S/C19H24FN3O2/c1-19(2,3)18(24)25-23-10-6-7-14(11-23)16-12-22(13-21-16)17-9-5-4-8-15(17)20/h4-5,8-9,12-14H,6-7,10-11H2,1-3H3. The second-order valence-electron chi connectivity index (χ2n) is 7.51. The number of hydrogen-bond donors (Lipinski definition) is 0. The van der Waals surface area contributed by atoms with E-state index in [1.54, 1.807) is 34.2 Å². The first-order chi connectivity index (χ1) is 11.8. The average molecular weight is 345 g/mol. The number of nitrogens with zero attached hydrogens (tertiary/aromatic N) is 3. The van der Waals surface area contributed by atoms with Gasteiger partial charge in [-0.25, -0.2) is 14.2 Å². The smallest absolute Gasteiger partial charge is 0.330 e. The average Bonchev–Trinajstić information content (AvgIpc) is 3.04. The topological polar surface area (TPSA) is 47.4 Å². The number of hydrogen-bond acceptors (Lipinski definition) is 4. The lowest BCUT2D eigenvalue weighted by Gasteiger charge is -2.32. The summed E-state index contributed by atoms with van der Waals surface area (Å²) in [5, 5.41) is 1.73. The minimum absolute atomic E-state index is 0.162. The lowest BCUT2D eigenvalue weighted by Crippen LogP contribution is -2.39. The Labute approximate surface area is 147 Å². The van der Waals surface area contributed by atoms with Crippen molar-refractivity contribution in [3.8, 4) is 5.69 Å². The number of rotatable bonds is 3. The first-order valence-electron chi connectivity index (χ1n) is 8.61. The predicted octanol–water partition coefficient (Wildman–Crippen LogP) is 3.70. The molecule has 0 amide bonds. The van der Waals surface area contributed by atoms with Crippen LogP contribution in [0.25, 0.3) is 5.69 Å². The number of para-hydroxylation sites is 1. The van der Waals surface area contributed by atoms with Crippen LogP contribution in [0.3, 0.4) is 0 Å². The third kappa shape index (κ3) is 4.07. The van der Waals surface area contributed by atoms with Gasteiger partial charge in [-0.2, -0.15) is 0 Å². The fourth-order valence-corrected chi connectivity index (χ4v) is 2.86. The highest BCUT2D eigenvalue weighted by Gasteiger charge is 2.30. The Morgan fingerprint density at radius 3 is 2.80 bits per heavy atom. The lowest BCUT2D eigenvalue weighted by atomic mass is 9.96. The van der Waals surface area contributed by atoms with Crippen molar-refractivity contribution in [3.05, 3.63) is 48.3 Å². The van der Waals surface area contributed by atoms with Crippen molar-refractivity contribution < 1.29 is 14.0 Å². The van der Waals surface area contributed by atoms with Gasteiger partial charge in [0.1, 0.15) is 5.82 Å². The van der Waals surface area contributed by atoms with Crippen molar-refractivity contribution >= 4 is 5.97 Å². The Balaban J connectivity index is 1.70. The molecule has 134 valence electrons. The molecule has 1 atom stereocenters. The van der Waals surface area contributed by atoms with E-state index >= 15 is 0 Å². The van der Waals surface area contributed by atoms with Gasteiger partial charge in [0.05, 0.1) is 23.1 Å². The van der Waals surface area contributed by atoms with Crippen molar-refractivity contribution in [3.63, 3.8) is 0 Å². The van der Waals surface area contributed by atoms with Crippen LogP contribution in [0.2, 0.25) is 0 Å². The second kappa shape index (κ2) is 6.96. The van der Waals surface area contributed by atoms with Crippen LogP contribution in [0, 0.1) is 11.2 Å². The first kappa shape index (κ1) is 17.6. The Bertz CT molecular complexity index is 751. The summed E-state index contributed by atoms with van der Waals surface area (Å²) in [6.45, 7) is 6.86. The molecule has 25 heavy (non-hydrogen) atoms. The molecule has 0 saturated carbocycles. The molecule has 0 radical (unpaired) electrons. The van der Waals surface area contributed by atoms with E-state index in [1.165, 1.54) is 6.07 Å². The van der Waals surface area contributed by atoms with Gasteiger partial charge in [-0.3, -0.25) is 0 Å². The third-order valence-corrected chi connectivity index (χ3v) is 4.36. The van der Waals surface area contributed by atoms with Gasteiger partial charge in [-0.15, -0.1) is 5.06 Å². The van der Waals surface area contributed by atoms with Gasteiger partial charge in [0.15, 0.2) is 0 Å². The van der Waals surface area contributed by atoms with E-state index in [-0.39, 0.29) is 17.7 Å². The quantitative estimate of drug-likeness (QED) is 0.851. The summed E-state index contributed by atoms with van der Waals surface area (Å²) >= 11 is 0. The second-order valence-corrected chi connectivity index (χ2v) is 7.51. The molecule has 1 aliphatic heterocycles. The molecule has 0 bridgehead atoms. The van der Waals surface area contributed by atoms with Crippen LogP contribution in [0.4, 0.5) is 4.39 Å². The minimum Gasteiger partial charge on any atom is -0.367 e. The van der Waals surface area contributed by atoms with E-state index in [9.17, 15) is 9.18 Å². The van der Waals surface area contributed by atoms with Gasteiger partial charge in [-0.05, 0) is 45.7 Å². The maximum atomic E-state index is 13.9. The number of carbonyl (C=O) groups is 1. The molecule has 1 saturated heterocycles. The number of piperidine rings is 1. The third-order valence-electron chi connectivity index (χ3n) is 4.36. The normalized spacial score (nSPS) is 19.0. The molecule has 1 aromatic heterocycles. The van der Waals surface area contributed by atoms with E-state index in [4.69, 9.17) is 4.84 Å². The molecule has 1 aromatic carbocycles. The SMILES string of the molecule is CC(C)(C)C(=O)ON1CCCC(c2cn(-c3ccccc3F)cn2)C1. The summed E-state index contributed by atoms with van der Waals surface area (Å²) in [6, 6.07) is 6.62. The molecule has 6 heteroatoms. The lowest BCUT2D eigenvalue weighted by molar-refractivity contribution is -0.205. The van der Waals surface area contributed by atoms with Crippen LogP contribution in [0.15, 0.2) is 36.8 Å². The summed E-state index contributed by atoms with van der Waals surface area (Å²) in [6.07, 6.45) is 5.39. The van der Waals surface area contributed by atoms with Crippen LogP contribution in [-0.4, -0.2) is 33.7 Å². The van der Waals surface area contributed by atoms with Crippen LogP contribution in [0.1, 0.15) is 45.2 Å². The summed E-state index contributed by atoms with van der Waals surface area (Å²) in [7, 11) is 0. The molecule has 5 nitrogen and oxygen atoms in total. The van der Waals surface area contributed by atoms with Gasteiger partial charge in [0.25, 0.3) is 0 Å². The highest BCUT2D eigenvalue weighted by atomic mass is 19.1. The maximum Gasteiger partial charge on any atom is 0.330 e. The van der Waals surface area contributed by atoms with Crippen molar-refractivity contribution in [1.82, 2.24) is 14.6 Å². The van der Waals surface area contributed by atoms with Crippen molar-refractivity contribution in [2.24, 2.45) is 5.41 Å². The fraction of sp³-hybridized carbons (Fsp3) is 0.474. The van der Waals surface area contributed by atoms with E-state index in [2.05, 4.69) is 4.98 Å². The molecule has 0 spiro atoms. The summed E-state index contributed by atoms with van der Waals surface area (Å²) in [5.41, 5.74) is 0.840. The van der Waals surface area contributed by atoms with Crippen LogP contribution < -0.4 is 0 Å². The molecule has 0 N–H and O–H groups in total. The number of imidazole rings is 1. The Morgan fingerprint density at radius 1 is 1.32 bits per heavy atom. The monoisotopic (exact) mass is 345 g/mol. The number of carbonyl (C=O) groups excluding carboxylic acids is 1. The number of hydroxylamine groups is 2. The summed E-state index contributed by atoms with van der Waals surface area (Å²) in [4.78, 5) is 22.0. The van der Waals surface area contributed by atoms with Gasteiger partial charge in [-0.1, -0.05) is 12.1 Å². The highest BCUT2D eigenvalue weighted by molar-refractivity contribution is 5.75. The fourth-order valence-electron chi connectivity index (χ4n) is 2.86. The van der Waals surface area contributed by atoms with E-state index in [1.807, 2.05) is 27.0 Å². The van der Waals surface area contributed by atoms with Crippen LogP contribution in [0.5, 0.6) is 0 Å². The highest BCUT2D eigenvalue weighted by Crippen LogP contribution is 2.28. The van der Waals surface area contributed by atoms with Gasteiger partial charge in [0.2, 0.25) is 0 Å². The number of halogens is 1. The molecule has 3 rings (SSSR count). The molecule has 2 aromatic rings. The van der Waals surface area contributed by atoms with Crippen LogP contribution in [-0.2, 0) is 9.63 Å². The number of aromatic nitrogens is 2. The molecule has 0 aliphatic carbocycles. The van der Waals surface area contributed by atoms with Crippen molar-refractivity contribution in [2.75, 3.05) is 13.1 Å². The molecular formula is C19H24FN3O2. The summed E-state index contributed by atoms with van der Waals surface area (Å²) < 4.78 is 15.6. The molecule has 2 heterocycles. The van der Waals surface area contributed by atoms with Gasteiger partial charge >= 0.3 is 5.97 Å². The van der Waals surface area contributed by atoms with Crippen molar-refractivity contribution in [1.29, 1.82) is 0 Å². The predicted molar refractivity (Wildman–Crippen MR) is 92.6 cm³/mol. The van der Waals surface area contributed by atoms with Gasteiger partial charge < -0.3 is 9.40 Å². The first-order valence-corrected chi connectivity index (χ1v) is 8.61. The Kier molecular flexibility index (Phi) is 4.90. The maximum absolute atomic E-state index is 13.9. The van der Waals surface area contributed by atoms with E-state index in [0.29, 0.717) is 12.2 Å². The van der Waals surface area contributed by atoms with Gasteiger partial charge in [0, 0.05) is 25.2 Å². The van der Waals surface area contributed by atoms with E-state index in [0.717, 1.165) is 25.1 Å². The van der Waals surface area contributed by atoms with E-state index < -0.39 is 5.41 Å². The molecule has 1 fully saturated rings. The zero-order valence-electron chi connectivity index (χ0n) is 14.9. The molecule has 1 aliphatic rings.